The highest BCUT2D eigenvalue weighted by Gasteiger charge is 2.25. The molecule has 0 fully saturated rings. The predicted octanol–water partition coefficient (Wildman–Crippen LogP) is 1.58. The minimum atomic E-state index is -0.213. The minimum Gasteiger partial charge on any atom is -0.481 e. The van der Waals surface area contributed by atoms with Crippen LogP contribution in [0.2, 0.25) is 0 Å². The number of methoxy groups -OCH3 is 1. The van der Waals surface area contributed by atoms with E-state index in [4.69, 9.17) is 4.74 Å². The molecule has 0 radical (unpaired) electrons. The second-order valence-corrected chi connectivity index (χ2v) is 4.70. The van der Waals surface area contributed by atoms with Gasteiger partial charge in [0.15, 0.2) is 5.82 Å². The Labute approximate surface area is 104 Å². The lowest BCUT2D eigenvalue weighted by atomic mass is 10.1. The fraction of sp³-hybridized carbons (Fsp3) is 0.455. The summed E-state index contributed by atoms with van der Waals surface area (Å²) in [7, 11) is 1.57. The maximum atomic E-state index is 11.8. The van der Waals surface area contributed by atoms with Gasteiger partial charge in [0.25, 0.3) is 0 Å². The van der Waals surface area contributed by atoms with E-state index < -0.39 is 0 Å². The molecule has 0 aliphatic carbocycles. The lowest BCUT2D eigenvalue weighted by Gasteiger charge is -2.25. The van der Waals surface area contributed by atoms with Gasteiger partial charge in [-0.15, -0.1) is 0 Å². The molecule has 1 amide bonds. The molecule has 17 heavy (non-hydrogen) atoms. The van der Waals surface area contributed by atoms with Crippen molar-refractivity contribution in [1.82, 2.24) is 4.98 Å². The summed E-state index contributed by atoms with van der Waals surface area (Å²) in [4.78, 5) is 16.0. The van der Waals surface area contributed by atoms with Crippen molar-refractivity contribution in [2.45, 2.75) is 12.5 Å². The number of nitrogens with one attached hydrogen (secondary N) is 2. The molecule has 1 aromatic heterocycles. The summed E-state index contributed by atoms with van der Waals surface area (Å²) in [6.07, 6.45) is 2.81. The van der Waals surface area contributed by atoms with Gasteiger partial charge in [0.1, 0.15) is 6.04 Å². The van der Waals surface area contributed by atoms with E-state index in [-0.39, 0.29) is 11.9 Å². The van der Waals surface area contributed by atoms with E-state index in [9.17, 15) is 4.79 Å². The molecule has 6 heteroatoms. The molecular formula is C11H15N3O2S. The number of ether oxygens (including phenoxy) is 1. The van der Waals surface area contributed by atoms with Crippen LogP contribution in [-0.4, -0.2) is 36.1 Å². The smallest absolute Gasteiger partial charge is 0.247 e. The standard InChI is InChI=1S/C11H15N3O2S/c1-16-9-4-3-7-10(14-9)12-8(5-6-17-2)11(15)13-7/h3-4,8H,5-6H2,1-2H3,(H,12,14)(H,13,15). The molecule has 2 rings (SSSR count). The normalized spacial score (nSPS) is 18.0. The van der Waals surface area contributed by atoms with Crippen molar-refractivity contribution >= 4 is 29.2 Å². The summed E-state index contributed by atoms with van der Waals surface area (Å²) in [5.41, 5.74) is 0.705. The third kappa shape index (κ3) is 2.63. The summed E-state index contributed by atoms with van der Waals surface area (Å²) in [5, 5.41) is 5.98. The van der Waals surface area contributed by atoms with Crippen LogP contribution in [0.25, 0.3) is 0 Å². The maximum Gasteiger partial charge on any atom is 0.247 e. The number of pyridine rings is 1. The number of rotatable bonds is 4. The Morgan fingerprint density at radius 1 is 1.53 bits per heavy atom. The molecular weight excluding hydrogens is 238 g/mol. The van der Waals surface area contributed by atoms with Crippen molar-refractivity contribution in [3.63, 3.8) is 0 Å². The van der Waals surface area contributed by atoms with E-state index in [2.05, 4.69) is 15.6 Å². The predicted molar refractivity (Wildman–Crippen MR) is 69.8 cm³/mol. The Kier molecular flexibility index (Phi) is 3.73. The SMILES string of the molecule is COc1ccc2c(n1)NC(CCSC)C(=O)N2. The van der Waals surface area contributed by atoms with Crippen molar-refractivity contribution in [3.8, 4) is 5.88 Å². The molecule has 0 aromatic carbocycles. The molecule has 0 saturated heterocycles. The van der Waals surface area contributed by atoms with Gasteiger partial charge in [-0.25, -0.2) is 0 Å². The van der Waals surface area contributed by atoms with Crippen molar-refractivity contribution in [1.29, 1.82) is 0 Å². The van der Waals surface area contributed by atoms with E-state index in [1.807, 2.05) is 6.26 Å². The third-order valence-electron chi connectivity index (χ3n) is 2.57. The van der Waals surface area contributed by atoms with Gasteiger partial charge in [0.2, 0.25) is 11.8 Å². The number of aromatic nitrogens is 1. The quantitative estimate of drug-likeness (QED) is 0.853. The van der Waals surface area contributed by atoms with Crippen LogP contribution < -0.4 is 15.4 Å². The van der Waals surface area contributed by atoms with E-state index in [1.165, 1.54) is 0 Å². The zero-order chi connectivity index (χ0) is 12.3. The topological polar surface area (TPSA) is 63.2 Å². The Hall–Kier alpha value is -1.43. The molecule has 92 valence electrons. The summed E-state index contributed by atoms with van der Waals surface area (Å²) < 4.78 is 5.06. The molecule has 0 bridgehead atoms. The summed E-state index contributed by atoms with van der Waals surface area (Å²) in [5.74, 6) is 2.15. The lowest BCUT2D eigenvalue weighted by molar-refractivity contribution is -0.117. The van der Waals surface area contributed by atoms with Crippen molar-refractivity contribution in [2.75, 3.05) is 29.8 Å². The molecule has 0 spiro atoms. The van der Waals surface area contributed by atoms with Crippen LogP contribution in [-0.2, 0) is 4.79 Å². The van der Waals surface area contributed by atoms with Crippen LogP contribution in [0, 0.1) is 0 Å². The van der Waals surface area contributed by atoms with Gasteiger partial charge in [-0.1, -0.05) is 0 Å². The van der Waals surface area contributed by atoms with Crippen LogP contribution in [0.5, 0.6) is 5.88 Å². The van der Waals surface area contributed by atoms with E-state index in [0.29, 0.717) is 17.4 Å². The first-order valence-corrected chi connectivity index (χ1v) is 6.75. The first-order chi connectivity index (χ1) is 8.24. The fourth-order valence-corrected chi connectivity index (χ4v) is 2.13. The first kappa shape index (κ1) is 12.0. The fourth-order valence-electron chi connectivity index (χ4n) is 1.66. The van der Waals surface area contributed by atoms with Crippen molar-refractivity contribution < 1.29 is 9.53 Å². The average Bonchev–Trinajstić information content (AvgIpc) is 2.35. The highest BCUT2D eigenvalue weighted by atomic mass is 32.2. The number of hydrogen-bond acceptors (Lipinski definition) is 5. The van der Waals surface area contributed by atoms with Gasteiger partial charge in [-0.2, -0.15) is 16.7 Å². The van der Waals surface area contributed by atoms with Crippen LogP contribution in [0.15, 0.2) is 12.1 Å². The zero-order valence-electron chi connectivity index (χ0n) is 9.82. The maximum absolute atomic E-state index is 11.8. The second-order valence-electron chi connectivity index (χ2n) is 3.72. The van der Waals surface area contributed by atoms with Gasteiger partial charge < -0.3 is 15.4 Å². The molecule has 1 aromatic rings. The van der Waals surface area contributed by atoms with E-state index in [1.54, 1.807) is 31.0 Å². The monoisotopic (exact) mass is 253 g/mol. The number of nitrogens with zero attached hydrogens (tertiary/aromatic N) is 1. The Bertz CT molecular complexity index is 425. The van der Waals surface area contributed by atoms with E-state index >= 15 is 0 Å². The average molecular weight is 253 g/mol. The number of amides is 1. The van der Waals surface area contributed by atoms with Gasteiger partial charge >= 0.3 is 0 Å². The van der Waals surface area contributed by atoms with Crippen molar-refractivity contribution in [2.24, 2.45) is 0 Å². The number of carbonyl (C=O) groups excluding carboxylic acids is 1. The molecule has 1 atom stereocenters. The van der Waals surface area contributed by atoms with Crippen LogP contribution in [0.4, 0.5) is 11.5 Å². The van der Waals surface area contributed by atoms with Crippen LogP contribution in [0.1, 0.15) is 6.42 Å². The Morgan fingerprint density at radius 2 is 2.35 bits per heavy atom. The Balaban J connectivity index is 2.16. The highest BCUT2D eigenvalue weighted by molar-refractivity contribution is 7.98. The second kappa shape index (κ2) is 5.27. The molecule has 5 nitrogen and oxygen atoms in total. The number of anilines is 2. The Morgan fingerprint density at radius 3 is 3.06 bits per heavy atom. The highest BCUT2D eigenvalue weighted by Crippen LogP contribution is 2.27. The van der Waals surface area contributed by atoms with Gasteiger partial charge in [-0.3, -0.25) is 4.79 Å². The summed E-state index contributed by atoms with van der Waals surface area (Å²) in [6.45, 7) is 0. The third-order valence-corrected chi connectivity index (χ3v) is 3.22. The summed E-state index contributed by atoms with van der Waals surface area (Å²) in [6, 6.07) is 3.30. The minimum absolute atomic E-state index is 0.00137. The zero-order valence-corrected chi connectivity index (χ0v) is 10.6. The van der Waals surface area contributed by atoms with Gasteiger partial charge in [-0.05, 0) is 24.5 Å². The molecule has 1 aliphatic rings. The van der Waals surface area contributed by atoms with Crippen molar-refractivity contribution in [3.05, 3.63) is 12.1 Å². The molecule has 0 saturated carbocycles. The number of fused-ring (bicyclic) bond motifs is 1. The van der Waals surface area contributed by atoms with Crippen LogP contribution >= 0.6 is 11.8 Å². The number of carbonyl (C=O) groups is 1. The van der Waals surface area contributed by atoms with Gasteiger partial charge in [0, 0.05) is 6.07 Å². The lowest BCUT2D eigenvalue weighted by Crippen LogP contribution is -2.39. The van der Waals surface area contributed by atoms with E-state index in [0.717, 1.165) is 12.2 Å². The number of hydrogen-bond donors (Lipinski definition) is 2. The van der Waals surface area contributed by atoms with Gasteiger partial charge in [0.05, 0.1) is 12.8 Å². The molecule has 1 aliphatic heterocycles. The first-order valence-electron chi connectivity index (χ1n) is 5.36. The number of thioether (sulfide) groups is 1. The summed E-state index contributed by atoms with van der Waals surface area (Å²) >= 11 is 1.72. The molecule has 1 unspecified atom stereocenters. The van der Waals surface area contributed by atoms with Crippen LogP contribution in [0.3, 0.4) is 0 Å². The largest absolute Gasteiger partial charge is 0.481 e. The molecule has 2 heterocycles. The molecule has 2 N–H and O–H groups in total.